The summed E-state index contributed by atoms with van der Waals surface area (Å²) in [5.41, 5.74) is 6.13. The lowest BCUT2D eigenvalue weighted by Gasteiger charge is -2.19. The second kappa shape index (κ2) is 8.61. The van der Waals surface area contributed by atoms with E-state index in [4.69, 9.17) is 4.74 Å². The summed E-state index contributed by atoms with van der Waals surface area (Å²) in [4.78, 5) is 16.6. The maximum absolute atomic E-state index is 12.3. The van der Waals surface area contributed by atoms with Gasteiger partial charge >= 0.3 is 6.09 Å². The van der Waals surface area contributed by atoms with Crippen molar-refractivity contribution < 1.29 is 19.7 Å². The molecule has 5 rings (SSSR count). The molecule has 7 nitrogen and oxygen atoms in total. The molecule has 0 radical (unpaired) electrons. The van der Waals surface area contributed by atoms with Crippen LogP contribution in [0.15, 0.2) is 60.8 Å². The molecule has 2 unspecified atom stereocenters. The fourth-order valence-electron chi connectivity index (χ4n) is 4.53. The molecule has 0 saturated carbocycles. The minimum atomic E-state index is -1.18. The number of hydrogen-bond acceptors (Lipinski definition) is 6. The molecule has 0 saturated heterocycles. The molecule has 1 aliphatic carbocycles. The van der Waals surface area contributed by atoms with Gasteiger partial charge in [0.05, 0.1) is 0 Å². The van der Waals surface area contributed by atoms with Gasteiger partial charge in [0.1, 0.15) is 24.6 Å². The van der Waals surface area contributed by atoms with Gasteiger partial charge in [-0.15, -0.1) is 0 Å². The Morgan fingerprint density at radius 1 is 1.12 bits per heavy atom. The molecule has 4 N–H and O–H groups in total. The van der Waals surface area contributed by atoms with Gasteiger partial charge < -0.3 is 25.6 Å². The maximum atomic E-state index is 12.3. The molecule has 1 aromatic heterocycles. The molecule has 2 heterocycles. The Balaban J connectivity index is 1.17. The Morgan fingerprint density at radius 2 is 1.81 bits per heavy atom. The Labute approximate surface area is 186 Å². The first-order chi connectivity index (χ1) is 15.6. The molecular formula is C25H25N3O4. The molecule has 2 aliphatic rings. The van der Waals surface area contributed by atoms with Gasteiger partial charge in [0.25, 0.3) is 0 Å². The SMILES string of the molecule is O=C(NCC(O)C(O)c1cnc2c(c1)CCN2)OCC1c2ccccc2-c2ccccc21. The van der Waals surface area contributed by atoms with Crippen LogP contribution >= 0.6 is 0 Å². The maximum Gasteiger partial charge on any atom is 0.407 e. The molecule has 2 aromatic carbocycles. The number of nitrogens with zero attached hydrogens (tertiary/aromatic N) is 1. The van der Waals surface area contributed by atoms with E-state index in [1.807, 2.05) is 30.3 Å². The number of nitrogens with one attached hydrogen (secondary N) is 2. The number of alkyl carbamates (subject to hydrolysis) is 1. The number of aliphatic hydroxyl groups excluding tert-OH is 2. The van der Waals surface area contributed by atoms with Crippen LogP contribution < -0.4 is 10.6 Å². The van der Waals surface area contributed by atoms with Crippen LogP contribution in [-0.2, 0) is 11.2 Å². The average molecular weight is 431 g/mol. The van der Waals surface area contributed by atoms with Crippen molar-refractivity contribution in [1.29, 1.82) is 0 Å². The second-order valence-corrected chi connectivity index (χ2v) is 8.17. The summed E-state index contributed by atoms with van der Waals surface area (Å²) in [6.45, 7) is 0.876. The van der Waals surface area contributed by atoms with Crippen molar-refractivity contribution in [3.8, 4) is 11.1 Å². The van der Waals surface area contributed by atoms with Gasteiger partial charge in [-0.05, 0) is 40.3 Å². The van der Waals surface area contributed by atoms with E-state index in [2.05, 4.69) is 39.9 Å². The fraction of sp³-hybridized carbons (Fsp3) is 0.280. The number of carbonyl (C=O) groups is 1. The molecule has 32 heavy (non-hydrogen) atoms. The number of pyridine rings is 1. The van der Waals surface area contributed by atoms with Crippen LogP contribution in [0.4, 0.5) is 10.6 Å². The number of benzene rings is 2. The number of fused-ring (bicyclic) bond motifs is 4. The molecule has 7 heteroatoms. The first-order valence-corrected chi connectivity index (χ1v) is 10.8. The number of rotatable bonds is 6. The van der Waals surface area contributed by atoms with Gasteiger partial charge in [0, 0.05) is 30.8 Å². The smallest absolute Gasteiger partial charge is 0.407 e. The van der Waals surface area contributed by atoms with E-state index >= 15 is 0 Å². The lowest BCUT2D eigenvalue weighted by molar-refractivity contribution is 0.0183. The number of anilines is 1. The lowest BCUT2D eigenvalue weighted by Crippen LogP contribution is -2.36. The van der Waals surface area contributed by atoms with E-state index in [0.29, 0.717) is 5.56 Å². The zero-order valence-electron chi connectivity index (χ0n) is 17.5. The van der Waals surface area contributed by atoms with E-state index in [1.54, 1.807) is 6.20 Å². The Hall–Kier alpha value is -3.42. The van der Waals surface area contributed by atoms with E-state index < -0.39 is 18.3 Å². The average Bonchev–Trinajstić information content (AvgIpc) is 3.42. The van der Waals surface area contributed by atoms with Crippen molar-refractivity contribution in [3.63, 3.8) is 0 Å². The van der Waals surface area contributed by atoms with Crippen LogP contribution in [0.2, 0.25) is 0 Å². The number of amides is 1. The molecule has 1 amide bonds. The van der Waals surface area contributed by atoms with Crippen LogP contribution in [-0.4, -0.2) is 47.1 Å². The molecule has 164 valence electrons. The van der Waals surface area contributed by atoms with Crippen LogP contribution in [0.1, 0.15) is 34.3 Å². The third-order valence-electron chi connectivity index (χ3n) is 6.18. The summed E-state index contributed by atoms with van der Waals surface area (Å²) in [7, 11) is 0. The van der Waals surface area contributed by atoms with Crippen molar-refractivity contribution >= 4 is 11.9 Å². The first-order valence-electron chi connectivity index (χ1n) is 10.8. The highest BCUT2D eigenvalue weighted by molar-refractivity contribution is 5.79. The molecule has 0 fully saturated rings. The highest BCUT2D eigenvalue weighted by atomic mass is 16.5. The largest absolute Gasteiger partial charge is 0.449 e. The predicted molar refractivity (Wildman–Crippen MR) is 120 cm³/mol. The third kappa shape index (κ3) is 3.81. The molecule has 2 atom stereocenters. The third-order valence-corrected chi connectivity index (χ3v) is 6.18. The van der Waals surface area contributed by atoms with Crippen LogP contribution in [0, 0.1) is 0 Å². The number of ether oxygens (including phenoxy) is 1. The zero-order chi connectivity index (χ0) is 22.1. The summed E-state index contributed by atoms with van der Waals surface area (Å²) < 4.78 is 5.47. The van der Waals surface area contributed by atoms with Crippen molar-refractivity contribution in [2.24, 2.45) is 0 Å². The minimum Gasteiger partial charge on any atom is -0.449 e. The summed E-state index contributed by atoms with van der Waals surface area (Å²) in [6, 6.07) is 18.1. The van der Waals surface area contributed by atoms with Gasteiger partial charge in [-0.2, -0.15) is 0 Å². The number of aliphatic hydroxyl groups is 2. The normalized spacial score (nSPS) is 15.8. The van der Waals surface area contributed by atoms with Gasteiger partial charge in [-0.25, -0.2) is 9.78 Å². The van der Waals surface area contributed by atoms with Crippen molar-refractivity contribution in [1.82, 2.24) is 10.3 Å². The highest BCUT2D eigenvalue weighted by Crippen LogP contribution is 2.44. The first kappa shape index (κ1) is 20.5. The fourth-order valence-corrected chi connectivity index (χ4v) is 4.53. The van der Waals surface area contributed by atoms with Crippen molar-refractivity contribution in [2.45, 2.75) is 24.5 Å². The molecular weight excluding hydrogens is 406 g/mol. The Morgan fingerprint density at radius 3 is 2.53 bits per heavy atom. The molecule has 3 aromatic rings. The monoisotopic (exact) mass is 431 g/mol. The Kier molecular flexibility index (Phi) is 5.51. The second-order valence-electron chi connectivity index (χ2n) is 8.17. The van der Waals surface area contributed by atoms with Gasteiger partial charge in [0.2, 0.25) is 0 Å². The Bertz CT molecular complexity index is 1100. The molecule has 0 spiro atoms. The van der Waals surface area contributed by atoms with E-state index in [0.717, 1.165) is 46.6 Å². The van der Waals surface area contributed by atoms with E-state index in [9.17, 15) is 15.0 Å². The van der Waals surface area contributed by atoms with Crippen LogP contribution in [0.5, 0.6) is 0 Å². The van der Waals surface area contributed by atoms with E-state index in [1.165, 1.54) is 0 Å². The topological polar surface area (TPSA) is 104 Å². The van der Waals surface area contributed by atoms with Crippen molar-refractivity contribution in [2.75, 3.05) is 25.0 Å². The summed E-state index contributed by atoms with van der Waals surface area (Å²) in [6.07, 6.45) is -0.587. The predicted octanol–water partition coefficient (Wildman–Crippen LogP) is 2.98. The standard InChI is InChI=1S/C25H25N3O4/c29-22(23(30)16-11-15-9-10-26-24(15)27-12-16)13-28-25(31)32-14-21-19-7-3-1-5-17(19)18-6-2-4-8-20(18)21/h1-8,11-12,21-23,29-30H,9-10,13-14H2,(H,26,27)(H,28,31). The summed E-state index contributed by atoms with van der Waals surface area (Å²) in [5, 5.41) is 26.5. The summed E-state index contributed by atoms with van der Waals surface area (Å²) >= 11 is 0. The van der Waals surface area contributed by atoms with Gasteiger partial charge in [-0.3, -0.25) is 0 Å². The van der Waals surface area contributed by atoms with Gasteiger partial charge in [-0.1, -0.05) is 48.5 Å². The molecule has 0 bridgehead atoms. The van der Waals surface area contributed by atoms with Crippen LogP contribution in [0.3, 0.4) is 0 Å². The number of aromatic nitrogens is 1. The number of hydrogen-bond donors (Lipinski definition) is 4. The summed E-state index contributed by atoms with van der Waals surface area (Å²) in [5.74, 6) is 0.780. The van der Waals surface area contributed by atoms with Crippen LogP contribution in [0.25, 0.3) is 11.1 Å². The number of carbonyl (C=O) groups excluding carboxylic acids is 1. The highest BCUT2D eigenvalue weighted by Gasteiger charge is 2.29. The zero-order valence-corrected chi connectivity index (χ0v) is 17.5. The quantitative estimate of drug-likeness (QED) is 0.478. The van der Waals surface area contributed by atoms with Crippen molar-refractivity contribution in [3.05, 3.63) is 83.0 Å². The minimum absolute atomic E-state index is 0.0326. The van der Waals surface area contributed by atoms with Gasteiger partial charge in [0.15, 0.2) is 0 Å². The lowest BCUT2D eigenvalue weighted by atomic mass is 9.98. The van der Waals surface area contributed by atoms with E-state index in [-0.39, 0.29) is 19.1 Å². The molecule has 1 aliphatic heterocycles.